The van der Waals surface area contributed by atoms with Gasteiger partial charge in [0, 0.05) is 11.1 Å². The third-order valence-corrected chi connectivity index (χ3v) is 6.54. The van der Waals surface area contributed by atoms with Gasteiger partial charge < -0.3 is 25.0 Å². The fourth-order valence-electron chi connectivity index (χ4n) is 4.26. The highest BCUT2D eigenvalue weighted by Crippen LogP contribution is 2.48. The van der Waals surface area contributed by atoms with E-state index >= 15 is 0 Å². The van der Waals surface area contributed by atoms with Crippen molar-refractivity contribution < 1.29 is 20.1 Å². The number of aryl methyl sites for hydroxylation is 4. The van der Waals surface area contributed by atoms with Gasteiger partial charge in [-0.2, -0.15) is 0 Å². The number of nitrogens with zero attached hydrogens (tertiary/aromatic N) is 1. The first-order valence-corrected chi connectivity index (χ1v) is 11.6. The molecule has 0 saturated carbocycles. The predicted molar refractivity (Wildman–Crippen MR) is 141 cm³/mol. The lowest BCUT2D eigenvalue weighted by atomic mass is 10.0. The highest BCUT2D eigenvalue weighted by atomic mass is 16.5. The van der Waals surface area contributed by atoms with E-state index in [1.807, 2.05) is 107 Å². The number of hydrogen-bond acceptors (Lipinski definition) is 5. The van der Waals surface area contributed by atoms with E-state index in [0.717, 1.165) is 33.6 Å². The Labute approximate surface area is 206 Å². The summed E-state index contributed by atoms with van der Waals surface area (Å²) in [6, 6.07) is 19.0. The Hall–Kier alpha value is -4.12. The summed E-state index contributed by atoms with van der Waals surface area (Å²) in [5, 5.41) is 32.3. The van der Waals surface area contributed by atoms with Crippen molar-refractivity contribution in [2.75, 3.05) is 4.90 Å². The molecule has 0 aliphatic carbocycles. The second-order valence-electron chi connectivity index (χ2n) is 9.03. The van der Waals surface area contributed by atoms with Gasteiger partial charge in [-0.15, -0.1) is 0 Å². The van der Waals surface area contributed by atoms with Crippen molar-refractivity contribution in [2.45, 2.75) is 41.5 Å². The molecule has 5 nitrogen and oxygen atoms in total. The largest absolute Gasteiger partial charge is 0.507 e. The lowest BCUT2D eigenvalue weighted by Gasteiger charge is -2.31. The first kappa shape index (κ1) is 24.0. The lowest BCUT2D eigenvalue weighted by Crippen LogP contribution is -2.14. The van der Waals surface area contributed by atoms with E-state index in [2.05, 4.69) is 0 Å². The number of hydrogen-bond donors (Lipinski definition) is 3. The number of anilines is 3. The minimum Gasteiger partial charge on any atom is -0.507 e. The van der Waals surface area contributed by atoms with Gasteiger partial charge >= 0.3 is 0 Å². The normalized spacial score (nSPS) is 10.9. The molecule has 0 radical (unpaired) electrons. The number of para-hydroxylation sites is 2. The molecule has 0 saturated heterocycles. The molecule has 0 unspecified atom stereocenters. The van der Waals surface area contributed by atoms with Crippen LogP contribution in [0, 0.1) is 41.5 Å². The number of phenols is 3. The molecule has 35 heavy (non-hydrogen) atoms. The quantitative estimate of drug-likeness (QED) is 0.277. The topological polar surface area (TPSA) is 73.2 Å². The van der Waals surface area contributed by atoms with Crippen LogP contribution in [0.5, 0.6) is 28.7 Å². The van der Waals surface area contributed by atoms with Crippen LogP contribution in [0.1, 0.15) is 33.4 Å². The molecule has 0 heterocycles. The number of phenolic OH excluding ortho intramolecular Hbond substituents is 3. The van der Waals surface area contributed by atoms with Crippen LogP contribution in [0.3, 0.4) is 0 Å². The molecule has 3 N–H and O–H groups in total. The van der Waals surface area contributed by atoms with Crippen LogP contribution in [0.2, 0.25) is 0 Å². The molecule has 180 valence electrons. The molecule has 0 aromatic heterocycles. The molecule has 0 spiro atoms. The van der Waals surface area contributed by atoms with Crippen molar-refractivity contribution in [3.8, 4) is 28.7 Å². The maximum absolute atomic E-state index is 10.8. The minimum atomic E-state index is 0.0969. The van der Waals surface area contributed by atoms with E-state index in [-0.39, 0.29) is 17.2 Å². The Morgan fingerprint density at radius 3 is 1.54 bits per heavy atom. The van der Waals surface area contributed by atoms with Crippen molar-refractivity contribution in [3.63, 3.8) is 0 Å². The van der Waals surface area contributed by atoms with Crippen LogP contribution in [0.4, 0.5) is 17.1 Å². The van der Waals surface area contributed by atoms with Crippen molar-refractivity contribution in [3.05, 3.63) is 94.0 Å². The molecule has 5 heteroatoms. The van der Waals surface area contributed by atoms with Gasteiger partial charge in [0.25, 0.3) is 0 Å². The zero-order valence-corrected chi connectivity index (χ0v) is 21.0. The Morgan fingerprint density at radius 1 is 0.514 bits per heavy atom. The molecule has 0 fully saturated rings. The lowest BCUT2D eigenvalue weighted by molar-refractivity contribution is 0.407. The first-order valence-electron chi connectivity index (χ1n) is 11.6. The third kappa shape index (κ3) is 4.26. The van der Waals surface area contributed by atoms with Crippen LogP contribution in [0.25, 0.3) is 0 Å². The highest BCUT2D eigenvalue weighted by Gasteiger charge is 2.24. The van der Waals surface area contributed by atoms with Crippen LogP contribution in [-0.2, 0) is 0 Å². The van der Waals surface area contributed by atoms with Gasteiger partial charge in [-0.25, -0.2) is 0 Å². The maximum Gasteiger partial charge on any atom is 0.172 e. The standard InChI is InChI=1S/C30H31NO4/c1-17-13-15-23(21(5)27(17)32)31(24-16-14-18(2)28(33)22(24)6)25-9-7-8-10-26(25)35-30-20(4)12-11-19(3)29(30)34/h7-16,32-34H,1-6H3. The van der Waals surface area contributed by atoms with E-state index in [4.69, 9.17) is 4.74 Å². The molecule has 0 aliphatic heterocycles. The third-order valence-electron chi connectivity index (χ3n) is 6.54. The first-order chi connectivity index (χ1) is 16.6. The summed E-state index contributed by atoms with van der Waals surface area (Å²) in [6.45, 7) is 11.2. The van der Waals surface area contributed by atoms with Gasteiger partial charge in [0.05, 0.1) is 17.1 Å². The zero-order valence-electron chi connectivity index (χ0n) is 21.0. The van der Waals surface area contributed by atoms with Crippen molar-refractivity contribution >= 4 is 17.1 Å². The SMILES string of the molecule is Cc1ccc(N(c2ccccc2Oc2c(C)ccc(C)c2O)c2ccc(C)c(O)c2C)c(C)c1O. The number of rotatable bonds is 5. The van der Waals surface area contributed by atoms with Crippen LogP contribution < -0.4 is 9.64 Å². The van der Waals surface area contributed by atoms with Gasteiger partial charge in [-0.05, 0) is 88.1 Å². The van der Waals surface area contributed by atoms with E-state index < -0.39 is 0 Å². The summed E-state index contributed by atoms with van der Waals surface area (Å²) in [7, 11) is 0. The maximum atomic E-state index is 10.8. The van der Waals surface area contributed by atoms with Crippen molar-refractivity contribution in [1.82, 2.24) is 0 Å². The second kappa shape index (κ2) is 9.26. The number of benzene rings is 4. The van der Waals surface area contributed by atoms with Crippen LogP contribution >= 0.6 is 0 Å². The fourth-order valence-corrected chi connectivity index (χ4v) is 4.26. The average molecular weight is 470 g/mol. The van der Waals surface area contributed by atoms with Gasteiger partial charge in [-0.3, -0.25) is 0 Å². The van der Waals surface area contributed by atoms with Gasteiger partial charge in [0.2, 0.25) is 0 Å². The summed E-state index contributed by atoms with van der Waals surface area (Å²) < 4.78 is 6.35. The monoisotopic (exact) mass is 469 g/mol. The molecule has 0 aliphatic rings. The summed E-state index contributed by atoms with van der Waals surface area (Å²) in [5.74, 6) is 1.44. The van der Waals surface area contributed by atoms with Gasteiger partial charge in [0.15, 0.2) is 17.2 Å². The molecular weight excluding hydrogens is 438 g/mol. The highest BCUT2D eigenvalue weighted by molar-refractivity contribution is 5.85. The summed E-state index contributed by atoms with van der Waals surface area (Å²) in [6.07, 6.45) is 0. The molecule has 4 aromatic carbocycles. The van der Waals surface area contributed by atoms with E-state index in [1.54, 1.807) is 0 Å². The second-order valence-corrected chi connectivity index (χ2v) is 9.03. The van der Waals surface area contributed by atoms with Crippen LogP contribution in [-0.4, -0.2) is 15.3 Å². The summed E-state index contributed by atoms with van der Waals surface area (Å²) in [5.41, 5.74) is 6.69. The van der Waals surface area contributed by atoms with Crippen LogP contribution in [0.15, 0.2) is 60.7 Å². The van der Waals surface area contributed by atoms with Crippen molar-refractivity contribution in [2.24, 2.45) is 0 Å². The van der Waals surface area contributed by atoms with E-state index in [0.29, 0.717) is 28.3 Å². The Kier molecular flexibility index (Phi) is 6.35. The number of ether oxygens (including phenoxy) is 1. The minimum absolute atomic E-state index is 0.0969. The van der Waals surface area contributed by atoms with Crippen molar-refractivity contribution in [1.29, 1.82) is 0 Å². The molecule has 4 aromatic rings. The Bertz CT molecular complexity index is 1370. The van der Waals surface area contributed by atoms with E-state index in [9.17, 15) is 15.3 Å². The summed E-state index contributed by atoms with van der Waals surface area (Å²) >= 11 is 0. The fraction of sp³-hybridized carbons (Fsp3) is 0.200. The van der Waals surface area contributed by atoms with Gasteiger partial charge in [-0.1, -0.05) is 36.4 Å². The average Bonchev–Trinajstić information content (AvgIpc) is 2.84. The number of aromatic hydroxyl groups is 3. The van der Waals surface area contributed by atoms with E-state index in [1.165, 1.54) is 0 Å². The zero-order chi connectivity index (χ0) is 25.4. The molecular formula is C30H31NO4. The molecule has 4 rings (SSSR count). The molecule has 0 atom stereocenters. The summed E-state index contributed by atoms with van der Waals surface area (Å²) in [4.78, 5) is 1.97. The molecule has 0 bridgehead atoms. The Morgan fingerprint density at radius 2 is 0.971 bits per heavy atom. The predicted octanol–water partition coefficient (Wildman–Crippen LogP) is 7.92. The molecule has 0 amide bonds. The van der Waals surface area contributed by atoms with Gasteiger partial charge in [0.1, 0.15) is 11.5 Å². The Balaban J connectivity index is 1.99. The smallest absolute Gasteiger partial charge is 0.172 e.